The Labute approximate surface area is 99.5 Å². The van der Waals surface area contributed by atoms with Crippen molar-refractivity contribution in [3.8, 4) is 0 Å². The molecule has 0 radical (unpaired) electrons. The molecule has 0 aliphatic carbocycles. The monoisotopic (exact) mass is 244 g/mol. The molecule has 0 aliphatic heterocycles. The molecule has 0 fully saturated rings. The summed E-state index contributed by atoms with van der Waals surface area (Å²) >= 11 is 0. The Morgan fingerprint density at radius 2 is 1.41 bits per heavy atom. The highest BCUT2D eigenvalue weighted by Gasteiger charge is 2.33. The van der Waals surface area contributed by atoms with E-state index in [1.807, 2.05) is 0 Å². The van der Waals surface area contributed by atoms with Gasteiger partial charge in [0.25, 0.3) is 0 Å². The maximum atomic E-state index is 11.4. The van der Waals surface area contributed by atoms with Crippen LogP contribution in [0.15, 0.2) is 12.2 Å². The number of carbonyl (C=O) groups excluding carboxylic acids is 3. The van der Waals surface area contributed by atoms with Crippen LogP contribution in [0.1, 0.15) is 6.92 Å². The van der Waals surface area contributed by atoms with Crippen molar-refractivity contribution in [2.24, 2.45) is 11.8 Å². The van der Waals surface area contributed by atoms with Gasteiger partial charge in [-0.1, -0.05) is 13.0 Å². The molecule has 0 rings (SSSR count). The first-order valence-electron chi connectivity index (χ1n) is 4.89. The molecule has 6 heteroatoms. The van der Waals surface area contributed by atoms with Crippen LogP contribution in [0.3, 0.4) is 0 Å². The first-order chi connectivity index (χ1) is 7.97. The van der Waals surface area contributed by atoms with E-state index in [0.717, 1.165) is 6.08 Å². The minimum Gasteiger partial charge on any atom is -0.468 e. The zero-order chi connectivity index (χ0) is 13.4. The fraction of sp³-hybridized carbons (Fsp3) is 0.545. The van der Waals surface area contributed by atoms with Gasteiger partial charge in [-0.05, 0) is 5.92 Å². The molecule has 1 atom stereocenters. The number of hydrogen-bond acceptors (Lipinski definition) is 6. The third-order valence-electron chi connectivity index (χ3n) is 2.17. The van der Waals surface area contributed by atoms with Crippen LogP contribution in [0.4, 0.5) is 0 Å². The summed E-state index contributed by atoms with van der Waals surface area (Å²) in [5.41, 5.74) is 0. The van der Waals surface area contributed by atoms with Crippen molar-refractivity contribution in [1.29, 1.82) is 0 Å². The second kappa shape index (κ2) is 7.43. The van der Waals surface area contributed by atoms with Gasteiger partial charge in [0.05, 0.1) is 21.3 Å². The second-order valence-corrected chi connectivity index (χ2v) is 3.27. The third-order valence-corrected chi connectivity index (χ3v) is 2.17. The Morgan fingerprint density at radius 3 is 1.76 bits per heavy atom. The Hall–Kier alpha value is -1.85. The molecule has 0 aliphatic rings. The van der Waals surface area contributed by atoms with E-state index in [1.54, 1.807) is 6.92 Å². The van der Waals surface area contributed by atoms with E-state index in [9.17, 15) is 14.4 Å². The topological polar surface area (TPSA) is 78.9 Å². The summed E-state index contributed by atoms with van der Waals surface area (Å²) in [6, 6.07) is 0. The summed E-state index contributed by atoms with van der Waals surface area (Å²) in [5, 5.41) is 0. The van der Waals surface area contributed by atoms with Crippen molar-refractivity contribution in [2.45, 2.75) is 6.92 Å². The summed E-state index contributed by atoms with van der Waals surface area (Å²) < 4.78 is 13.4. The van der Waals surface area contributed by atoms with Crippen molar-refractivity contribution < 1.29 is 28.6 Å². The molecule has 96 valence electrons. The van der Waals surface area contributed by atoms with Crippen LogP contribution >= 0.6 is 0 Å². The minimum absolute atomic E-state index is 0.533. The highest BCUT2D eigenvalue weighted by Crippen LogP contribution is 2.16. The Balaban J connectivity index is 4.81. The molecule has 0 spiro atoms. The van der Waals surface area contributed by atoms with Crippen molar-refractivity contribution >= 4 is 17.9 Å². The minimum atomic E-state index is -1.09. The molecule has 0 N–H and O–H groups in total. The molecule has 0 saturated heterocycles. The number of ether oxygens (including phenoxy) is 3. The molecule has 0 amide bonds. The van der Waals surface area contributed by atoms with Gasteiger partial charge in [0, 0.05) is 6.08 Å². The number of hydrogen-bond donors (Lipinski definition) is 0. The number of carbonyl (C=O) groups is 3. The summed E-state index contributed by atoms with van der Waals surface area (Å²) in [5.74, 6) is -3.61. The lowest BCUT2D eigenvalue weighted by molar-refractivity contribution is -0.160. The van der Waals surface area contributed by atoms with Gasteiger partial charge in [-0.15, -0.1) is 0 Å². The van der Waals surface area contributed by atoms with Crippen molar-refractivity contribution in [3.05, 3.63) is 12.2 Å². The highest BCUT2D eigenvalue weighted by molar-refractivity contribution is 5.95. The summed E-state index contributed by atoms with van der Waals surface area (Å²) in [4.78, 5) is 33.7. The Bertz CT molecular complexity index is 304. The molecule has 0 aromatic rings. The molecule has 0 aromatic heterocycles. The van der Waals surface area contributed by atoms with Crippen molar-refractivity contribution in [1.82, 2.24) is 0 Å². The highest BCUT2D eigenvalue weighted by atomic mass is 16.5. The molecule has 1 unspecified atom stereocenters. The lowest BCUT2D eigenvalue weighted by Crippen LogP contribution is -2.31. The van der Waals surface area contributed by atoms with Gasteiger partial charge in [0.1, 0.15) is 0 Å². The van der Waals surface area contributed by atoms with Gasteiger partial charge in [-0.3, -0.25) is 9.59 Å². The van der Waals surface area contributed by atoms with Gasteiger partial charge in [-0.2, -0.15) is 0 Å². The van der Waals surface area contributed by atoms with E-state index < -0.39 is 29.7 Å². The average Bonchev–Trinajstić information content (AvgIpc) is 2.35. The van der Waals surface area contributed by atoms with E-state index in [1.165, 1.54) is 27.4 Å². The van der Waals surface area contributed by atoms with Crippen LogP contribution in [0.25, 0.3) is 0 Å². The second-order valence-electron chi connectivity index (χ2n) is 3.27. The van der Waals surface area contributed by atoms with E-state index in [2.05, 4.69) is 14.2 Å². The van der Waals surface area contributed by atoms with Crippen LogP contribution in [0.5, 0.6) is 0 Å². The van der Waals surface area contributed by atoms with Gasteiger partial charge in [0.2, 0.25) is 0 Å². The molecule has 0 saturated carbocycles. The third kappa shape index (κ3) is 4.67. The fourth-order valence-corrected chi connectivity index (χ4v) is 1.19. The van der Waals surface area contributed by atoms with Gasteiger partial charge < -0.3 is 14.2 Å². The maximum absolute atomic E-state index is 11.4. The van der Waals surface area contributed by atoms with Crippen LogP contribution in [-0.4, -0.2) is 39.2 Å². The number of methoxy groups -OCH3 is 3. The Kier molecular flexibility index (Phi) is 6.62. The van der Waals surface area contributed by atoms with Gasteiger partial charge in [0.15, 0.2) is 5.92 Å². The van der Waals surface area contributed by atoms with Gasteiger partial charge in [-0.25, -0.2) is 4.79 Å². The van der Waals surface area contributed by atoms with E-state index in [4.69, 9.17) is 0 Å². The molecule has 0 heterocycles. The van der Waals surface area contributed by atoms with E-state index >= 15 is 0 Å². The lowest BCUT2D eigenvalue weighted by atomic mass is 9.93. The summed E-state index contributed by atoms with van der Waals surface area (Å²) in [6.07, 6.45) is 2.54. The van der Waals surface area contributed by atoms with E-state index in [0.29, 0.717) is 0 Å². The zero-order valence-corrected chi connectivity index (χ0v) is 10.3. The fourth-order valence-electron chi connectivity index (χ4n) is 1.19. The Morgan fingerprint density at radius 1 is 0.941 bits per heavy atom. The first kappa shape index (κ1) is 15.2. The average molecular weight is 244 g/mol. The predicted octanol–water partition coefficient (Wildman–Crippen LogP) is 0.314. The smallest absolute Gasteiger partial charge is 0.330 e. The number of allylic oxidation sites excluding steroid dienone is 1. The van der Waals surface area contributed by atoms with Crippen LogP contribution in [0.2, 0.25) is 0 Å². The summed E-state index contributed by atoms with van der Waals surface area (Å²) in [6.45, 7) is 1.60. The largest absolute Gasteiger partial charge is 0.468 e. The maximum Gasteiger partial charge on any atom is 0.330 e. The molecule has 0 bridgehead atoms. The first-order valence-corrected chi connectivity index (χ1v) is 4.89. The zero-order valence-electron chi connectivity index (χ0n) is 10.3. The van der Waals surface area contributed by atoms with Crippen LogP contribution < -0.4 is 0 Å². The molecular formula is C11H16O6. The standard InChI is InChI=1S/C11H16O6/c1-7(5-6-8(12)15-2)9(10(13)16-3)11(14)17-4/h5-7,9H,1-4H3/b6-5+. The SMILES string of the molecule is COC(=O)/C=C/C(C)C(C(=O)OC)C(=O)OC. The normalized spacial score (nSPS) is 12.3. The molecular weight excluding hydrogens is 228 g/mol. The predicted molar refractivity (Wildman–Crippen MR) is 57.8 cm³/mol. The number of rotatable bonds is 5. The molecule has 0 aromatic carbocycles. The van der Waals surface area contributed by atoms with Crippen molar-refractivity contribution in [3.63, 3.8) is 0 Å². The van der Waals surface area contributed by atoms with Crippen LogP contribution in [0, 0.1) is 11.8 Å². The quantitative estimate of drug-likeness (QED) is 0.300. The lowest BCUT2D eigenvalue weighted by Gasteiger charge is -2.16. The summed E-state index contributed by atoms with van der Waals surface area (Å²) in [7, 11) is 3.58. The van der Waals surface area contributed by atoms with Crippen LogP contribution in [-0.2, 0) is 28.6 Å². The van der Waals surface area contributed by atoms with Gasteiger partial charge >= 0.3 is 17.9 Å². The number of esters is 3. The molecule has 17 heavy (non-hydrogen) atoms. The van der Waals surface area contributed by atoms with E-state index in [-0.39, 0.29) is 0 Å². The van der Waals surface area contributed by atoms with Crippen molar-refractivity contribution in [2.75, 3.05) is 21.3 Å². The molecule has 6 nitrogen and oxygen atoms in total.